The molecule has 0 spiro atoms. The van der Waals surface area contributed by atoms with Crippen LogP contribution in [0.4, 0.5) is 0 Å². The summed E-state index contributed by atoms with van der Waals surface area (Å²) in [6, 6.07) is 5.40. The van der Waals surface area contributed by atoms with Gasteiger partial charge in [0.25, 0.3) is 0 Å². The van der Waals surface area contributed by atoms with Crippen LogP contribution in [0.25, 0.3) is 0 Å². The van der Waals surface area contributed by atoms with Crippen molar-refractivity contribution in [2.45, 2.75) is 6.04 Å². The summed E-state index contributed by atoms with van der Waals surface area (Å²) in [5.74, 6) is 0.761. The number of hydrogen-bond donors (Lipinski definition) is 1. The number of hydrogen-bond acceptors (Lipinski definition) is 4. The summed E-state index contributed by atoms with van der Waals surface area (Å²) in [6.45, 7) is 0. The third-order valence-electron chi connectivity index (χ3n) is 2.89. The molecule has 0 aliphatic heterocycles. The first-order valence-electron chi connectivity index (χ1n) is 5.64. The number of rotatable bonds is 4. The van der Waals surface area contributed by atoms with E-state index in [9.17, 15) is 0 Å². The second-order valence-electron chi connectivity index (χ2n) is 4.00. The van der Waals surface area contributed by atoms with Crippen molar-refractivity contribution >= 4 is 27.5 Å². The average Bonchev–Trinajstić information content (AvgIpc) is 2.72. The van der Waals surface area contributed by atoms with Crippen LogP contribution in [0.1, 0.15) is 17.3 Å². The van der Waals surface area contributed by atoms with Crippen molar-refractivity contribution < 1.29 is 4.74 Å². The van der Waals surface area contributed by atoms with Crippen molar-refractivity contribution in [3.63, 3.8) is 0 Å². The lowest BCUT2D eigenvalue weighted by atomic mass is 10.0. The van der Waals surface area contributed by atoms with E-state index in [1.807, 2.05) is 26.2 Å². The highest BCUT2D eigenvalue weighted by Gasteiger charge is 2.23. The van der Waals surface area contributed by atoms with Crippen molar-refractivity contribution in [3.8, 4) is 5.75 Å². The molecule has 1 heterocycles. The SMILES string of the molecule is CNC(c1cc(Cl)ccc1OC)c1c(Br)nnn1C. The lowest BCUT2D eigenvalue weighted by Gasteiger charge is -2.19. The monoisotopic (exact) mass is 344 g/mol. The first-order valence-corrected chi connectivity index (χ1v) is 6.81. The van der Waals surface area contributed by atoms with Gasteiger partial charge in [-0.1, -0.05) is 16.8 Å². The van der Waals surface area contributed by atoms with Crippen molar-refractivity contribution in [2.75, 3.05) is 14.2 Å². The molecule has 0 radical (unpaired) electrons. The summed E-state index contributed by atoms with van der Waals surface area (Å²) < 4.78 is 7.80. The predicted molar refractivity (Wildman–Crippen MR) is 77.6 cm³/mol. The summed E-state index contributed by atoms with van der Waals surface area (Å²) in [5, 5.41) is 11.9. The van der Waals surface area contributed by atoms with E-state index in [2.05, 4.69) is 31.6 Å². The van der Waals surface area contributed by atoms with E-state index in [0.29, 0.717) is 9.63 Å². The van der Waals surface area contributed by atoms with Crippen LogP contribution >= 0.6 is 27.5 Å². The van der Waals surface area contributed by atoms with Gasteiger partial charge in [0.1, 0.15) is 5.75 Å². The summed E-state index contributed by atoms with van der Waals surface area (Å²) in [7, 11) is 5.34. The number of nitrogens with zero attached hydrogens (tertiary/aromatic N) is 3. The molecule has 1 unspecified atom stereocenters. The fraction of sp³-hybridized carbons (Fsp3) is 0.333. The Labute approximate surface area is 125 Å². The number of benzene rings is 1. The van der Waals surface area contributed by atoms with Crippen molar-refractivity contribution in [1.29, 1.82) is 0 Å². The van der Waals surface area contributed by atoms with Crippen LogP contribution in [-0.2, 0) is 7.05 Å². The van der Waals surface area contributed by atoms with Crippen LogP contribution in [0.2, 0.25) is 5.02 Å². The lowest BCUT2D eigenvalue weighted by molar-refractivity contribution is 0.404. The molecule has 2 rings (SSSR count). The molecule has 102 valence electrons. The van der Waals surface area contributed by atoms with Gasteiger partial charge in [-0.05, 0) is 41.2 Å². The van der Waals surface area contributed by atoms with E-state index in [0.717, 1.165) is 17.0 Å². The summed E-state index contributed by atoms with van der Waals surface area (Å²) in [5.41, 5.74) is 1.84. The Morgan fingerprint density at radius 3 is 2.74 bits per heavy atom. The Hall–Kier alpha value is -1.11. The molecule has 1 N–H and O–H groups in total. The first-order chi connectivity index (χ1) is 9.08. The number of ether oxygens (including phenoxy) is 1. The Balaban J connectivity index is 2.57. The van der Waals surface area contributed by atoms with Gasteiger partial charge in [-0.15, -0.1) is 5.10 Å². The largest absolute Gasteiger partial charge is 0.496 e. The molecule has 0 aliphatic carbocycles. The molecule has 0 saturated heterocycles. The minimum Gasteiger partial charge on any atom is -0.496 e. The third kappa shape index (κ3) is 2.75. The minimum atomic E-state index is -0.122. The number of aryl methyl sites for hydroxylation is 1. The summed E-state index contributed by atoms with van der Waals surface area (Å²) >= 11 is 9.50. The molecule has 2 aromatic rings. The molecule has 0 saturated carbocycles. The van der Waals surface area contributed by atoms with Gasteiger partial charge in [0.05, 0.1) is 18.8 Å². The van der Waals surface area contributed by atoms with Gasteiger partial charge in [-0.2, -0.15) is 0 Å². The molecule has 5 nitrogen and oxygen atoms in total. The smallest absolute Gasteiger partial charge is 0.153 e. The van der Waals surface area contributed by atoms with Crippen LogP contribution in [0.15, 0.2) is 22.8 Å². The van der Waals surface area contributed by atoms with Crippen LogP contribution in [0, 0.1) is 0 Å². The molecule has 0 aliphatic rings. The number of halogens is 2. The standard InChI is InChI=1S/C12H14BrClN4O/c1-15-10(11-12(13)16-17-18(11)2)8-6-7(14)4-5-9(8)19-3/h4-6,10,15H,1-3H3. The third-order valence-corrected chi connectivity index (χ3v) is 3.69. The lowest BCUT2D eigenvalue weighted by Crippen LogP contribution is -2.21. The molecule has 1 atom stereocenters. The zero-order chi connectivity index (χ0) is 14.0. The first kappa shape index (κ1) is 14.3. The second kappa shape index (κ2) is 5.90. The van der Waals surface area contributed by atoms with Gasteiger partial charge >= 0.3 is 0 Å². The highest BCUT2D eigenvalue weighted by Crippen LogP contribution is 2.34. The Morgan fingerprint density at radius 2 is 2.21 bits per heavy atom. The topological polar surface area (TPSA) is 52.0 Å². The molecule has 1 aromatic carbocycles. The average molecular weight is 346 g/mol. The van der Waals surface area contributed by atoms with Gasteiger partial charge < -0.3 is 10.1 Å². The van der Waals surface area contributed by atoms with Crippen LogP contribution in [0.3, 0.4) is 0 Å². The zero-order valence-electron chi connectivity index (χ0n) is 10.8. The fourth-order valence-corrected chi connectivity index (χ4v) is 2.75. The number of methoxy groups -OCH3 is 1. The normalized spacial score (nSPS) is 12.5. The van der Waals surface area contributed by atoms with E-state index in [1.54, 1.807) is 17.9 Å². The van der Waals surface area contributed by atoms with Crippen LogP contribution in [-0.4, -0.2) is 29.2 Å². The Bertz CT molecular complexity index is 568. The van der Waals surface area contributed by atoms with Gasteiger partial charge in [0.2, 0.25) is 0 Å². The summed E-state index contributed by atoms with van der Waals surface area (Å²) in [4.78, 5) is 0. The molecule has 0 amide bonds. The predicted octanol–water partition coefficient (Wildman–Crippen LogP) is 2.55. The molecule has 0 fully saturated rings. The second-order valence-corrected chi connectivity index (χ2v) is 5.18. The zero-order valence-corrected chi connectivity index (χ0v) is 13.2. The summed E-state index contributed by atoms with van der Waals surface area (Å²) in [6.07, 6.45) is 0. The highest BCUT2D eigenvalue weighted by atomic mass is 79.9. The number of aromatic nitrogens is 3. The van der Waals surface area contributed by atoms with Crippen molar-refractivity contribution in [1.82, 2.24) is 20.3 Å². The van der Waals surface area contributed by atoms with Gasteiger partial charge in [0, 0.05) is 17.6 Å². The van der Waals surface area contributed by atoms with Crippen molar-refractivity contribution in [3.05, 3.63) is 39.1 Å². The van der Waals surface area contributed by atoms with E-state index in [1.165, 1.54) is 0 Å². The Morgan fingerprint density at radius 1 is 1.47 bits per heavy atom. The molecule has 7 heteroatoms. The molecule has 19 heavy (non-hydrogen) atoms. The van der Waals surface area contributed by atoms with E-state index in [4.69, 9.17) is 16.3 Å². The molecular formula is C12H14BrClN4O. The van der Waals surface area contributed by atoms with E-state index >= 15 is 0 Å². The Kier molecular flexibility index (Phi) is 4.44. The van der Waals surface area contributed by atoms with Crippen molar-refractivity contribution in [2.24, 2.45) is 7.05 Å². The van der Waals surface area contributed by atoms with Gasteiger partial charge in [0.15, 0.2) is 4.60 Å². The highest BCUT2D eigenvalue weighted by molar-refractivity contribution is 9.10. The maximum atomic E-state index is 6.08. The minimum absolute atomic E-state index is 0.122. The van der Waals surface area contributed by atoms with Gasteiger partial charge in [-0.25, -0.2) is 4.68 Å². The molecular weight excluding hydrogens is 332 g/mol. The van der Waals surface area contributed by atoms with E-state index < -0.39 is 0 Å². The molecule has 1 aromatic heterocycles. The van der Waals surface area contributed by atoms with Gasteiger partial charge in [-0.3, -0.25) is 0 Å². The van der Waals surface area contributed by atoms with E-state index in [-0.39, 0.29) is 6.04 Å². The number of nitrogens with one attached hydrogen (secondary N) is 1. The quantitative estimate of drug-likeness (QED) is 0.925. The van der Waals surface area contributed by atoms with Crippen LogP contribution in [0.5, 0.6) is 5.75 Å². The maximum absolute atomic E-state index is 6.08. The maximum Gasteiger partial charge on any atom is 0.153 e. The van der Waals surface area contributed by atoms with Crippen LogP contribution < -0.4 is 10.1 Å². The molecule has 0 bridgehead atoms. The fourth-order valence-electron chi connectivity index (χ4n) is 2.02.